The van der Waals surface area contributed by atoms with Crippen LogP contribution in [-0.2, 0) is 0 Å². The Hall–Kier alpha value is -2.69. The molecule has 2 aromatic heterocycles. The van der Waals surface area contributed by atoms with E-state index in [9.17, 15) is 15.2 Å². The Morgan fingerprint density at radius 3 is 2.00 bits per heavy atom. The fourth-order valence-electron chi connectivity index (χ4n) is 1.38. The van der Waals surface area contributed by atoms with Crippen LogP contribution in [0.1, 0.15) is 15.9 Å². The van der Waals surface area contributed by atoms with Crippen LogP contribution in [0.2, 0.25) is 0 Å². The molecular formula is C13H10N2O3. The maximum absolute atomic E-state index is 11.7. The number of ketones is 1. The molecule has 0 aromatic carbocycles. The number of carbonyl (C=O) groups is 1. The summed E-state index contributed by atoms with van der Waals surface area (Å²) in [6, 6.07) is 6.12. The summed E-state index contributed by atoms with van der Waals surface area (Å²) in [5.41, 5.74) is 1.19. The Morgan fingerprint density at radius 2 is 1.44 bits per heavy atom. The van der Waals surface area contributed by atoms with Gasteiger partial charge in [0.25, 0.3) is 0 Å². The Kier molecular flexibility index (Phi) is 3.33. The van der Waals surface area contributed by atoms with Crippen molar-refractivity contribution in [3.63, 3.8) is 0 Å². The number of rotatable bonds is 3. The Balaban J connectivity index is 2.11. The van der Waals surface area contributed by atoms with E-state index in [0.717, 1.165) is 5.56 Å². The van der Waals surface area contributed by atoms with Crippen LogP contribution < -0.4 is 9.46 Å². The maximum atomic E-state index is 11.7. The van der Waals surface area contributed by atoms with Crippen LogP contribution >= 0.6 is 0 Å². The highest BCUT2D eigenvalue weighted by Crippen LogP contribution is 2.03. The first-order valence-corrected chi connectivity index (χ1v) is 5.25. The molecule has 0 bridgehead atoms. The van der Waals surface area contributed by atoms with Crippen LogP contribution in [0.4, 0.5) is 0 Å². The summed E-state index contributed by atoms with van der Waals surface area (Å²) >= 11 is 0. The standard InChI is InChI=1S/C13H10N2O3/c16-13(12-5-9-15(18)10-6-12)2-1-11-3-7-14(17)8-4-11/h1-10H/b2-1+. The zero-order valence-electron chi connectivity index (χ0n) is 9.39. The summed E-state index contributed by atoms with van der Waals surface area (Å²) in [5, 5.41) is 21.6. The van der Waals surface area contributed by atoms with Gasteiger partial charge < -0.3 is 10.4 Å². The number of hydrogen-bond donors (Lipinski definition) is 0. The van der Waals surface area contributed by atoms with Crippen molar-refractivity contribution < 1.29 is 14.3 Å². The number of hydrogen-bond acceptors (Lipinski definition) is 3. The summed E-state index contributed by atoms with van der Waals surface area (Å²) < 4.78 is 1.29. The van der Waals surface area contributed by atoms with Crippen LogP contribution in [0.3, 0.4) is 0 Å². The first-order chi connectivity index (χ1) is 8.65. The summed E-state index contributed by atoms with van der Waals surface area (Å²) in [4.78, 5) is 11.7. The average molecular weight is 242 g/mol. The predicted octanol–water partition coefficient (Wildman–Crippen LogP) is 0.850. The molecule has 0 aliphatic rings. The molecule has 0 saturated heterocycles. The lowest BCUT2D eigenvalue weighted by Gasteiger charge is -1.97. The summed E-state index contributed by atoms with van der Waals surface area (Å²) in [6.45, 7) is 0. The van der Waals surface area contributed by atoms with Crippen molar-refractivity contribution in [3.8, 4) is 0 Å². The van der Waals surface area contributed by atoms with Gasteiger partial charge in [-0.1, -0.05) is 6.08 Å². The van der Waals surface area contributed by atoms with Gasteiger partial charge in [0.15, 0.2) is 30.6 Å². The summed E-state index contributed by atoms with van der Waals surface area (Å²) in [7, 11) is 0. The fourth-order valence-corrected chi connectivity index (χ4v) is 1.38. The average Bonchev–Trinajstić information content (AvgIpc) is 2.38. The molecule has 0 amide bonds. The molecular weight excluding hydrogens is 232 g/mol. The second-order valence-electron chi connectivity index (χ2n) is 3.64. The SMILES string of the molecule is O=C(/C=C/c1cc[n+]([O-])cc1)c1cc[n+]([O-])cc1. The Morgan fingerprint density at radius 1 is 0.944 bits per heavy atom. The van der Waals surface area contributed by atoms with Crippen LogP contribution in [0.25, 0.3) is 6.08 Å². The summed E-state index contributed by atoms with van der Waals surface area (Å²) in [6.07, 6.45) is 8.25. The van der Waals surface area contributed by atoms with Gasteiger partial charge in [0, 0.05) is 29.8 Å². The van der Waals surface area contributed by atoms with Crippen molar-refractivity contribution in [2.45, 2.75) is 0 Å². The third-order valence-corrected chi connectivity index (χ3v) is 2.34. The van der Waals surface area contributed by atoms with Gasteiger partial charge >= 0.3 is 0 Å². The topological polar surface area (TPSA) is 71.0 Å². The zero-order chi connectivity index (χ0) is 13.0. The second-order valence-corrected chi connectivity index (χ2v) is 3.64. The van der Waals surface area contributed by atoms with Gasteiger partial charge in [-0.15, -0.1) is 0 Å². The maximum Gasteiger partial charge on any atom is 0.186 e. The molecule has 18 heavy (non-hydrogen) atoms. The van der Waals surface area contributed by atoms with Crippen LogP contribution in [0.5, 0.6) is 0 Å². The molecule has 0 saturated carbocycles. The molecule has 0 spiro atoms. The van der Waals surface area contributed by atoms with Gasteiger partial charge in [0.05, 0.1) is 0 Å². The minimum atomic E-state index is -0.200. The van der Waals surface area contributed by atoms with E-state index in [1.54, 1.807) is 18.2 Å². The molecule has 0 aliphatic carbocycles. The second kappa shape index (κ2) is 5.09. The van der Waals surface area contributed by atoms with Crippen LogP contribution in [0, 0.1) is 10.4 Å². The van der Waals surface area contributed by atoms with E-state index in [1.165, 1.54) is 43.0 Å². The van der Waals surface area contributed by atoms with Crippen molar-refractivity contribution in [2.24, 2.45) is 0 Å². The minimum Gasteiger partial charge on any atom is -0.619 e. The Labute approximate surface area is 103 Å². The van der Waals surface area contributed by atoms with E-state index in [-0.39, 0.29) is 5.78 Å². The van der Waals surface area contributed by atoms with E-state index in [2.05, 4.69) is 0 Å². The van der Waals surface area contributed by atoms with Gasteiger partial charge in [-0.25, -0.2) is 0 Å². The molecule has 90 valence electrons. The van der Waals surface area contributed by atoms with Crippen molar-refractivity contribution in [1.82, 2.24) is 0 Å². The highest BCUT2D eigenvalue weighted by molar-refractivity contribution is 6.06. The third kappa shape index (κ3) is 2.91. The fraction of sp³-hybridized carbons (Fsp3) is 0. The van der Waals surface area contributed by atoms with E-state index in [4.69, 9.17) is 0 Å². The van der Waals surface area contributed by atoms with E-state index >= 15 is 0 Å². The van der Waals surface area contributed by atoms with Crippen molar-refractivity contribution >= 4 is 11.9 Å². The first kappa shape index (κ1) is 11.8. The highest BCUT2D eigenvalue weighted by atomic mass is 16.5. The quantitative estimate of drug-likeness (QED) is 0.346. The number of pyridine rings is 2. The molecule has 5 nitrogen and oxygen atoms in total. The molecule has 0 fully saturated rings. The smallest absolute Gasteiger partial charge is 0.186 e. The number of aromatic nitrogens is 2. The lowest BCUT2D eigenvalue weighted by molar-refractivity contribution is -0.605. The predicted molar refractivity (Wildman–Crippen MR) is 64.2 cm³/mol. The third-order valence-electron chi connectivity index (χ3n) is 2.34. The van der Waals surface area contributed by atoms with Gasteiger partial charge in [-0.3, -0.25) is 4.79 Å². The van der Waals surface area contributed by atoms with Gasteiger partial charge in [-0.2, -0.15) is 9.46 Å². The monoisotopic (exact) mass is 242 g/mol. The molecule has 0 radical (unpaired) electrons. The van der Waals surface area contributed by atoms with Crippen LogP contribution in [0.15, 0.2) is 55.1 Å². The normalized spacial score (nSPS) is 10.7. The number of allylic oxidation sites excluding steroid dienone is 1. The van der Waals surface area contributed by atoms with Crippen LogP contribution in [-0.4, -0.2) is 5.78 Å². The van der Waals surface area contributed by atoms with E-state index in [0.29, 0.717) is 15.0 Å². The Bertz CT molecular complexity index is 574. The molecule has 2 rings (SSSR count). The van der Waals surface area contributed by atoms with Crippen molar-refractivity contribution in [2.75, 3.05) is 0 Å². The van der Waals surface area contributed by atoms with Crippen molar-refractivity contribution in [1.29, 1.82) is 0 Å². The largest absolute Gasteiger partial charge is 0.619 e. The zero-order valence-corrected chi connectivity index (χ0v) is 9.39. The van der Waals surface area contributed by atoms with Gasteiger partial charge in [0.2, 0.25) is 0 Å². The molecule has 5 heteroatoms. The molecule has 0 unspecified atom stereocenters. The molecule has 0 N–H and O–H groups in total. The highest BCUT2D eigenvalue weighted by Gasteiger charge is 2.02. The van der Waals surface area contributed by atoms with Gasteiger partial charge in [-0.05, 0) is 11.6 Å². The summed E-state index contributed by atoms with van der Waals surface area (Å²) in [5.74, 6) is -0.200. The van der Waals surface area contributed by atoms with Gasteiger partial charge in [0.1, 0.15) is 0 Å². The number of nitrogens with zero attached hydrogens (tertiary/aromatic N) is 2. The first-order valence-electron chi connectivity index (χ1n) is 5.25. The number of carbonyl (C=O) groups excluding carboxylic acids is 1. The minimum absolute atomic E-state index is 0.200. The van der Waals surface area contributed by atoms with Crippen molar-refractivity contribution in [3.05, 3.63) is 76.7 Å². The molecule has 2 heterocycles. The lowest BCUT2D eigenvalue weighted by Crippen LogP contribution is -2.24. The lowest BCUT2D eigenvalue weighted by atomic mass is 10.1. The molecule has 2 aromatic rings. The van der Waals surface area contributed by atoms with E-state index < -0.39 is 0 Å². The molecule has 0 aliphatic heterocycles. The van der Waals surface area contributed by atoms with E-state index in [1.807, 2.05) is 0 Å². The molecule has 0 atom stereocenters.